The summed E-state index contributed by atoms with van der Waals surface area (Å²) in [6.07, 6.45) is 3.12. The molecule has 0 fully saturated rings. The van der Waals surface area contributed by atoms with Gasteiger partial charge in [0.2, 0.25) is 5.91 Å². The van der Waals surface area contributed by atoms with Crippen molar-refractivity contribution in [2.24, 2.45) is 0 Å². The predicted octanol–water partition coefficient (Wildman–Crippen LogP) is 5.03. The maximum absolute atomic E-state index is 12.9. The molecule has 2 radical (unpaired) electrons. The molecule has 27 heavy (non-hydrogen) atoms. The van der Waals surface area contributed by atoms with Gasteiger partial charge in [-0.05, 0) is 62.7 Å². The molecule has 3 aromatic rings. The Labute approximate surface area is 162 Å². The molecule has 1 heterocycles. The first-order valence-corrected chi connectivity index (χ1v) is 9.77. The topological polar surface area (TPSA) is 36.1 Å². The average Bonchev–Trinajstić information content (AvgIpc) is 3.07. The smallest absolute Gasteiger partial charge is 0.214 e. The zero-order valence-corrected chi connectivity index (χ0v) is 16.0. The first-order chi connectivity index (χ1) is 13.1. The van der Waals surface area contributed by atoms with Crippen molar-refractivity contribution in [2.45, 2.75) is 51.5 Å². The van der Waals surface area contributed by atoms with Crippen molar-refractivity contribution >= 4 is 24.7 Å². The lowest BCUT2D eigenvalue weighted by Crippen LogP contribution is -2.38. The predicted molar refractivity (Wildman–Crippen MR) is 111 cm³/mol. The van der Waals surface area contributed by atoms with Gasteiger partial charge in [0.15, 0.2) is 0 Å². The van der Waals surface area contributed by atoms with E-state index in [9.17, 15) is 4.79 Å². The number of nitrogens with zero attached hydrogens (tertiary/aromatic N) is 1. The highest BCUT2D eigenvalue weighted by molar-refractivity contribution is 6.19. The van der Waals surface area contributed by atoms with E-state index in [-0.39, 0.29) is 24.3 Å². The first kappa shape index (κ1) is 17.9. The highest BCUT2D eigenvalue weighted by Crippen LogP contribution is 2.41. The Bertz CT molecular complexity index is 963. The minimum atomic E-state index is -0.0219. The highest BCUT2D eigenvalue weighted by Gasteiger charge is 2.34. The lowest BCUT2D eigenvalue weighted by atomic mass is 9.88. The van der Waals surface area contributed by atoms with Gasteiger partial charge in [-0.15, -0.1) is 0 Å². The first-order valence-electron chi connectivity index (χ1n) is 9.77. The highest BCUT2D eigenvalue weighted by atomic mass is 16.2. The quantitative estimate of drug-likeness (QED) is 0.654. The molecule has 1 amide bonds. The molecule has 4 heteroatoms. The number of carbonyl (C=O) groups is 1. The van der Waals surface area contributed by atoms with Crippen LogP contribution in [0, 0.1) is 6.92 Å². The van der Waals surface area contributed by atoms with Crippen molar-refractivity contribution in [1.82, 2.24) is 9.88 Å². The van der Waals surface area contributed by atoms with Crippen LogP contribution in [0.25, 0.3) is 10.9 Å². The summed E-state index contributed by atoms with van der Waals surface area (Å²) in [5, 5.41) is 1.29. The number of carbonyl (C=O) groups excluding carboxylic acids is 1. The number of aryl methyl sites for hydroxylation is 2. The number of aromatic amines is 1. The zero-order valence-electron chi connectivity index (χ0n) is 16.0. The normalized spacial score (nSPS) is 17.5. The van der Waals surface area contributed by atoms with Gasteiger partial charge in [0.05, 0.1) is 19.9 Å². The van der Waals surface area contributed by atoms with Crippen LogP contribution in [0.2, 0.25) is 6.32 Å². The van der Waals surface area contributed by atoms with E-state index >= 15 is 0 Å². The van der Waals surface area contributed by atoms with Gasteiger partial charge in [0.1, 0.15) is 0 Å². The number of fused-ring (bicyclic) bond motifs is 3. The summed E-state index contributed by atoms with van der Waals surface area (Å²) >= 11 is 0. The lowest BCUT2D eigenvalue weighted by molar-refractivity contribution is -0.134. The second-order valence-corrected chi connectivity index (χ2v) is 7.57. The fraction of sp³-hybridized carbons (Fsp3) is 0.348. The van der Waals surface area contributed by atoms with Gasteiger partial charge in [-0.3, -0.25) is 4.79 Å². The zero-order chi connectivity index (χ0) is 19.0. The Kier molecular flexibility index (Phi) is 4.82. The molecule has 0 unspecified atom stereocenters. The number of hydrogen-bond donors (Lipinski definition) is 1. The van der Waals surface area contributed by atoms with E-state index in [0.29, 0.717) is 0 Å². The molecule has 0 aliphatic heterocycles. The van der Waals surface area contributed by atoms with E-state index in [1.165, 1.54) is 22.2 Å². The van der Waals surface area contributed by atoms with Crippen molar-refractivity contribution in [3.05, 3.63) is 70.9 Å². The van der Waals surface area contributed by atoms with Crippen LogP contribution >= 0.6 is 0 Å². The third-order valence-electron chi connectivity index (χ3n) is 5.83. The average molecular weight is 356 g/mol. The van der Waals surface area contributed by atoms with Gasteiger partial charge in [0.25, 0.3) is 0 Å². The third kappa shape index (κ3) is 3.18. The molecule has 3 nitrogen and oxygen atoms in total. The molecule has 1 aromatic heterocycles. The summed E-state index contributed by atoms with van der Waals surface area (Å²) < 4.78 is 0. The Morgan fingerprint density at radius 2 is 2.04 bits per heavy atom. The standard InChI is InChI=1S/C23H25BN2O/c1-15-11-12-20-19(13-15)18-9-6-10-21(23(18)25-20)26(22(27)14-24)16(2)17-7-4-3-5-8-17/h3-5,7-8,11-13,16,21,25H,6,9-10,14H2,1-2H3/t16-,21-/m0/s1. The van der Waals surface area contributed by atoms with E-state index in [0.717, 1.165) is 30.3 Å². The molecule has 136 valence electrons. The van der Waals surface area contributed by atoms with Crippen molar-refractivity contribution in [3.8, 4) is 0 Å². The van der Waals surface area contributed by atoms with Crippen LogP contribution in [-0.4, -0.2) is 23.6 Å². The molecular formula is C23H25BN2O. The molecule has 1 N–H and O–H groups in total. The third-order valence-corrected chi connectivity index (χ3v) is 5.83. The minimum Gasteiger partial charge on any atom is -0.356 e. The van der Waals surface area contributed by atoms with Gasteiger partial charge >= 0.3 is 0 Å². The van der Waals surface area contributed by atoms with Crippen molar-refractivity contribution in [3.63, 3.8) is 0 Å². The molecule has 0 saturated carbocycles. The Morgan fingerprint density at radius 1 is 1.26 bits per heavy atom. The number of hydrogen-bond acceptors (Lipinski definition) is 1. The van der Waals surface area contributed by atoms with Gasteiger partial charge in [-0.25, -0.2) is 0 Å². The van der Waals surface area contributed by atoms with Gasteiger partial charge in [-0.2, -0.15) is 0 Å². The number of H-pyrrole nitrogens is 1. The summed E-state index contributed by atoms with van der Waals surface area (Å²) in [6.45, 7) is 4.23. The molecule has 0 bridgehead atoms. The van der Waals surface area contributed by atoms with Gasteiger partial charge in [0, 0.05) is 16.6 Å². The summed E-state index contributed by atoms with van der Waals surface area (Å²) in [5.74, 6) is -0.000889. The number of benzene rings is 2. The van der Waals surface area contributed by atoms with Crippen LogP contribution in [-0.2, 0) is 11.2 Å². The second kappa shape index (κ2) is 7.26. The second-order valence-electron chi connectivity index (χ2n) is 7.57. The molecule has 2 aromatic carbocycles. The maximum atomic E-state index is 12.9. The molecular weight excluding hydrogens is 331 g/mol. The minimum absolute atomic E-state index is 0.000889. The fourth-order valence-electron chi connectivity index (χ4n) is 4.49. The maximum Gasteiger partial charge on any atom is 0.214 e. The van der Waals surface area contributed by atoms with E-state index in [2.05, 4.69) is 49.2 Å². The van der Waals surface area contributed by atoms with E-state index in [1.54, 1.807) is 0 Å². The van der Waals surface area contributed by atoms with E-state index < -0.39 is 0 Å². The monoisotopic (exact) mass is 356 g/mol. The molecule has 1 aliphatic carbocycles. The molecule has 4 rings (SSSR count). The number of nitrogens with one attached hydrogen (secondary N) is 1. The van der Waals surface area contributed by atoms with Crippen LogP contribution in [0.3, 0.4) is 0 Å². The van der Waals surface area contributed by atoms with Crippen LogP contribution in [0.4, 0.5) is 0 Å². The van der Waals surface area contributed by atoms with Gasteiger partial charge < -0.3 is 9.88 Å². The van der Waals surface area contributed by atoms with Crippen LogP contribution in [0.5, 0.6) is 0 Å². The van der Waals surface area contributed by atoms with Gasteiger partial charge in [-0.1, -0.05) is 42.0 Å². The fourth-order valence-corrected chi connectivity index (χ4v) is 4.49. The van der Waals surface area contributed by atoms with E-state index in [4.69, 9.17) is 7.85 Å². The Hall–Kier alpha value is -2.49. The lowest BCUT2D eigenvalue weighted by Gasteiger charge is -2.39. The Morgan fingerprint density at radius 3 is 2.78 bits per heavy atom. The van der Waals surface area contributed by atoms with Crippen LogP contribution in [0.1, 0.15) is 54.2 Å². The van der Waals surface area contributed by atoms with Crippen LogP contribution in [0.15, 0.2) is 48.5 Å². The number of amides is 1. The van der Waals surface area contributed by atoms with Crippen molar-refractivity contribution in [2.75, 3.05) is 0 Å². The summed E-state index contributed by atoms with van der Waals surface area (Å²) in [7, 11) is 5.81. The van der Waals surface area contributed by atoms with E-state index in [1.807, 2.05) is 23.1 Å². The molecule has 0 spiro atoms. The molecule has 0 saturated heterocycles. The van der Waals surface area contributed by atoms with Crippen molar-refractivity contribution in [1.29, 1.82) is 0 Å². The number of aromatic nitrogens is 1. The Balaban J connectivity index is 1.80. The number of rotatable bonds is 4. The molecule has 1 aliphatic rings. The molecule has 2 atom stereocenters. The largest absolute Gasteiger partial charge is 0.356 e. The SMILES string of the molecule is [B]CC(=O)N([C@@H](C)c1ccccc1)[C@H]1CCCc2c1[nH]c1ccc(C)cc21. The summed E-state index contributed by atoms with van der Waals surface area (Å²) in [5.41, 5.74) is 6.11. The van der Waals surface area contributed by atoms with Crippen LogP contribution < -0.4 is 0 Å². The summed E-state index contributed by atoms with van der Waals surface area (Å²) in [6, 6.07) is 16.8. The van der Waals surface area contributed by atoms with Crippen molar-refractivity contribution < 1.29 is 4.79 Å². The summed E-state index contributed by atoms with van der Waals surface area (Å²) in [4.78, 5) is 18.5.